The Balaban J connectivity index is 2.28. The molecule has 2 heteroatoms. The molecular weight excluding hydrogens is 178 g/mol. The SMILES string of the molecule is CC1(C)CC(C#N)(c2cccs2)C1. The van der Waals surface area contributed by atoms with Gasteiger partial charge >= 0.3 is 0 Å². The molecule has 0 N–H and O–H groups in total. The topological polar surface area (TPSA) is 23.8 Å². The van der Waals surface area contributed by atoms with Crippen molar-refractivity contribution in [1.82, 2.24) is 0 Å². The Morgan fingerprint density at radius 3 is 2.54 bits per heavy atom. The summed E-state index contributed by atoms with van der Waals surface area (Å²) < 4.78 is 0. The fourth-order valence-electron chi connectivity index (χ4n) is 2.44. The van der Waals surface area contributed by atoms with E-state index in [4.69, 9.17) is 0 Å². The minimum absolute atomic E-state index is 0.155. The van der Waals surface area contributed by atoms with E-state index in [-0.39, 0.29) is 5.41 Å². The fraction of sp³-hybridized carbons (Fsp3) is 0.545. The van der Waals surface area contributed by atoms with Gasteiger partial charge in [-0.1, -0.05) is 19.9 Å². The highest BCUT2D eigenvalue weighted by Gasteiger charge is 2.51. The molecule has 0 atom stereocenters. The molecule has 0 aromatic carbocycles. The number of hydrogen-bond acceptors (Lipinski definition) is 2. The van der Waals surface area contributed by atoms with Crippen molar-refractivity contribution >= 4 is 11.3 Å². The van der Waals surface area contributed by atoms with Crippen LogP contribution in [-0.4, -0.2) is 0 Å². The Morgan fingerprint density at radius 1 is 1.46 bits per heavy atom. The van der Waals surface area contributed by atoms with Crippen molar-refractivity contribution in [3.8, 4) is 6.07 Å². The number of rotatable bonds is 1. The second-order valence-corrected chi connectivity index (χ2v) is 5.64. The second kappa shape index (κ2) is 2.59. The van der Waals surface area contributed by atoms with E-state index in [0.717, 1.165) is 12.8 Å². The van der Waals surface area contributed by atoms with E-state index in [1.165, 1.54) is 4.88 Å². The summed E-state index contributed by atoms with van der Waals surface area (Å²) in [7, 11) is 0. The van der Waals surface area contributed by atoms with Crippen LogP contribution in [0.25, 0.3) is 0 Å². The molecule has 2 rings (SSSR count). The zero-order valence-corrected chi connectivity index (χ0v) is 8.82. The molecule has 1 fully saturated rings. The lowest BCUT2D eigenvalue weighted by atomic mass is 9.54. The first-order chi connectivity index (χ1) is 6.08. The molecule has 13 heavy (non-hydrogen) atoms. The zero-order chi connectivity index (χ0) is 9.53. The molecule has 1 aromatic rings. The van der Waals surface area contributed by atoms with E-state index < -0.39 is 0 Å². The van der Waals surface area contributed by atoms with Crippen LogP contribution in [-0.2, 0) is 5.41 Å². The van der Waals surface area contributed by atoms with E-state index in [2.05, 4.69) is 31.4 Å². The minimum Gasteiger partial charge on any atom is -0.197 e. The van der Waals surface area contributed by atoms with Gasteiger partial charge in [-0.3, -0.25) is 0 Å². The highest BCUT2D eigenvalue weighted by Crippen LogP contribution is 2.55. The van der Waals surface area contributed by atoms with Crippen molar-refractivity contribution in [2.75, 3.05) is 0 Å². The first-order valence-corrected chi connectivity index (χ1v) is 5.41. The summed E-state index contributed by atoms with van der Waals surface area (Å²) in [5, 5.41) is 11.3. The van der Waals surface area contributed by atoms with Crippen LogP contribution in [0.15, 0.2) is 17.5 Å². The number of thiophene rings is 1. The summed E-state index contributed by atoms with van der Waals surface area (Å²) in [5.41, 5.74) is 0.206. The van der Waals surface area contributed by atoms with Crippen LogP contribution >= 0.6 is 11.3 Å². The van der Waals surface area contributed by atoms with Crippen molar-refractivity contribution < 1.29 is 0 Å². The van der Waals surface area contributed by atoms with Gasteiger partial charge in [-0.05, 0) is 29.7 Å². The van der Waals surface area contributed by atoms with Gasteiger partial charge in [0, 0.05) is 4.88 Å². The fourth-order valence-corrected chi connectivity index (χ4v) is 3.32. The number of nitrogens with zero attached hydrogens (tertiary/aromatic N) is 1. The predicted molar refractivity (Wildman–Crippen MR) is 54.6 cm³/mol. The molecule has 0 amide bonds. The molecule has 0 spiro atoms. The standard InChI is InChI=1S/C11H13NS/c1-10(2)6-11(7-10,8-12)9-4-3-5-13-9/h3-5H,6-7H2,1-2H3. The largest absolute Gasteiger partial charge is 0.197 e. The van der Waals surface area contributed by atoms with E-state index in [1.807, 2.05) is 6.07 Å². The number of nitriles is 1. The summed E-state index contributed by atoms with van der Waals surface area (Å²) in [6.45, 7) is 4.46. The van der Waals surface area contributed by atoms with Crippen molar-refractivity contribution in [3.63, 3.8) is 0 Å². The van der Waals surface area contributed by atoms with Crippen molar-refractivity contribution in [2.45, 2.75) is 32.1 Å². The van der Waals surface area contributed by atoms with E-state index in [0.29, 0.717) is 5.41 Å². The molecule has 1 heterocycles. The predicted octanol–water partition coefficient (Wildman–Crippen LogP) is 3.33. The zero-order valence-electron chi connectivity index (χ0n) is 8.00. The van der Waals surface area contributed by atoms with Gasteiger partial charge in [-0.25, -0.2) is 0 Å². The molecule has 1 nitrogen and oxygen atoms in total. The Morgan fingerprint density at radius 2 is 2.15 bits per heavy atom. The van der Waals surface area contributed by atoms with Crippen LogP contribution in [0.3, 0.4) is 0 Å². The van der Waals surface area contributed by atoms with E-state index >= 15 is 0 Å². The van der Waals surface area contributed by atoms with Crippen LogP contribution < -0.4 is 0 Å². The maximum atomic E-state index is 9.20. The molecule has 1 aliphatic carbocycles. The molecule has 1 saturated carbocycles. The summed E-state index contributed by atoms with van der Waals surface area (Å²) in [4.78, 5) is 1.24. The molecule has 0 saturated heterocycles. The number of hydrogen-bond donors (Lipinski definition) is 0. The lowest BCUT2D eigenvalue weighted by Crippen LogP contribution is -2.44. The summed E-state index contributed by atoms with van der Waals surface area (Å²) >= 11 is 1.71. The monoisotopic (exact) mass is 191 g/mol. The lowest BCUT2D eigenvalue weighted by molar-refractivity contribution is 0.103. The Kier molecular flexibility index (Phi) is 1.75. The van der Waals surface area contributed by atoms with Gasteiger partial charge < -0.3 is 0 Å². The molecule has 0 aliphatic heterocycles. The Labute approximate surface area is 83.0 Å². The Hall–Kier alpha value is -0.810. The Bertz CT molecular complexity index is 335. The van der Waals surface area contributed by atoms with Gasteiger partial charge in [-0.15, -0.1) is 11.3 Å². The first-order valence-electron chi connectivity index (χ1n) is 4.53. The van der Waals surface area contributed by atoms with Gasteiger partial charge in [0.15, 0.2) is 0 Å². The van der Waals surface area contributed by atoms with Gasteiger partial charge in [-0.2, -0.15) is 5.26 Å². The average Bonchev–Trinajstić information content (AvgIpc) is 2.51. The van der Waals surface area contributed by atoms with Gasteiger partial charge in [0.2, 0.25) is 0 Å². The molecule has 0 unspecified atom stereocenters. The van der Waals surface area contributed by atoms with Crippen LogP contribution in [0.4, 0.5) is 0 Å². The van der Waals surface area contributed by atoms with Crippen molar-refractivity contribution in [2.24, 2.45) is 5.41 Å². The lowest BCUT2D eigenvalue weighted by Gasteiger charge is -2.48. The maximum Gasteiger partial charge on any atom is 0.0924 e. The van der Waals surface area contributed by atoms with E-state index in [1.54, 1.807) is 11.3 Å². The highest BCUT2D eigenvalue weighted by atomic mass is 32.1. The van der Waals surface area contributed by atoms with Crippen molar-refractivity contribution in [3.05, 3.63) is 22.4 Å². The molecule has 0 radical (unpaired) electrons. The summed E-state index contributed by atoms with van der Waals surface area (Å²) in [6, 6.07) is 6.60. The van der Waals surface area contributed by atoms with Crippen LogP contribution in [0, 0.1) is 16.7 Å². The molecule has 0 bridgehead atoms. The van der Waals surface area contributed by atoms with Crippen LogP contribution in [0.1, 0.15) is 31.6 Å². The maximum absolute atomic E-state index is 9.20. The van der Waals surface area contributed by atoms with Crippen molar-refractivity contribution in [1.29, 1.82) is 5.26 Å². The minimum atomic E-state index is -0.155. The third-order valence-electron chi connectivity index (χ3n) is 2.77. The third kappa shape index (κ3) is 1.28. The highest BCUT2D eigenvalue weighted by molar-refractivity contribution is 7.10. The second-order valence-electron chi connectivity index (χ2n) is 4.69. The van der Waals surface area contributed by atoms with Gasteiger partial charge in [0.25, 0.3) is 0 Å². The molecular formula is C11H13NS. The van der Waals surface area contributed by atoms with Crippen LogP contribution in [0.5, 0.6) is 0 Å². The molecule has 68 valence electrons. The molecule has 1 aliphatic rings. The van der Waals surface area contributed by atoms with E-state index in [9.17, 15) is 5.26 Å². The first kappa shape index (κ1) is 8.77. The quantitative estimate of drug-likeness (QED) is 0.668. The molecule has 1 aromatic heterocycles. The summed E-state index contributed by atoms with van der Waals surface area (Å²) in [5.74, 6) is 0. The summed E-state index contributed by atoms with van der Waals surface area (Å²) in [6.07, 6.45) is 2.02. The van der Waals surface area contributed by atoms with Crippen LogP contribution in [0.2, 0.25) is 0 Å². The smallest absolute Gasteiger partial charge is 0.0924 e. The third-order valence-corrected chi connectivity index (χ3v) is 3.84. The normalized spacial score (nSPS) is 23.2. The van der Waals surface area contributed by atoms with Gasteiger partial charge in [0.05, 0.1) is 11.5 Å². The van der Waals surface area contributed by atoms with Gasteiger partial charge in [0.1, 0.15) is 0 Å². The average molecular weight is 191 g/mol.